The van der Waals surface area contributed by atoms with Crippen LogP contribution in [0.15, 0.2) is 77.3 Å². The minimum absolute atomic E-state index is 0.162. The number of nitrogens with zero attached hydrogens (tertiary/aromatic N) is 2. The van der Waals surface area contributed by atoms with E-state index in [1.54, 1.807) is 55.4 Å². The van der Waals surface area contributed by atoms with Crippen LogP contribution in [-0.4, -0.2) is 15.9 Å². The minimum atomic E-state index is -0.162. The van der Waals surface area contributed by atoms with E-state index in [4.69, 9.17) is 9.15 Å². The summed E-state index contributed by atoms with van der Waals surface area (Å²) in [5, 5.41) is 5.31. The van der Waals surface area contributed by atoms with E-state index in [1.165, 1.54) is 11.3 Å². The molecule has 0 atom stereocenters. The van der Waals surface area contributed by atoms with Gasteiger partial charge in [0, 0.05) is 47.2 Å². The Kier molecular flexibility index (Phi) is 4.93. The number of hydrogen-bond donors (Lipinski definition) is 1. The van der Waals surface area contributed by atoms with Crippen molar-refractivity contribution in [1.29, 1.82) is 0 Å². The molecule has 3 aromatic heterocycles. The van der Waals surface area contributed by atoms with Gasteiger partial charge in [-0.1, -0.05) is 11.3 Å². The maximum Gasteiger partial charge on any atom is 0.278 e. The molecular weight excluding hydrogens is 362 g/mol. The molecule has 0 aliphatic heterocycles. The molecule has 134 valence electrons. The largest absolute Gasteiger partial charge is 0.472 e. The summed E-state index contributed by atoms with van der Waals surface area (Å²) >= 11 is 1.41. The van der Waals surface area contributed by atoms with Gasteiger partial charge in [0.25, 0.3) is 11.1 Å². The van der Waals surface area contributed by atoms with Gasteiger partial charge in [-0.2, -0.15) is 0 Å². The lowest BCUT2D eigenvalue weighted by Gasteiger charge is -2.07. The number of amides is 1. The maximum atomic E-state index is 12.4. The van der Waals surface area contributed by atoms with Crippen molar-refractivity contribution in [2.45, 2.75) is 6.54 Å². The van der Waals surface area contributed by atoms with Gasteiger partial charge in [-0.3, -0.25) is 9.78 Å². The molecule has 0 saturated carbocycles. The summed E-state index contributed by atoms with van der Waals surface area (Å²) in [7, 11) is 0. The average molecular weight is 377 g/mol. The van der Waals surface area contributed by atoms with Crippen LogP contribution in [0.5, 0.6) is 10.9 Å². The van der Waals surface area contributed by atoms with E-state index in [0.29, 0.717) is 23.1 Å². The lowest BCUT2D eigenvalue weighted by molar-refractivity contribution is 0.0951. The highest BCUT2D eigenvalue weighted by Crippen LogP contribution is 2.23. The molecule has 0 unspecified atom stereocenters. The number of pyridine rings is 1. The van der Waals surface area contributed by atoms with E-state index < -0.39 is 0 Å². The van der Waals surface area contributed by atoms with Gasteiger partial charge in [0.05, 0.1) is 12.5 Å². The Balaban J connectivity index is 1.37. The van der Waals surface area contributed by atoms with Crippen molar-refractivity contribution < 1.29 is 13.9 Å². The van der Waals surface area contributed by atoms with Crippen LogP contribution in [0.3, 0.4) is 0 Å². The summed E-state index contributed by atoms with van der Waals surface area (Å²) in [5.74, 6) is 0.475. The Morgan fingerprint density at radius 1 is 1.15 bits per heavy atom. The number of nitrogens with one attached hydrogen (secondary N) is 1. The predicted molar refractivity (Wildman–Crippen MR) is 102 cm³/mol. The van der Waals surface area contributed by atoms with Crippen molar-refractivity contribution in [2.24, 2.45) is 0 Å². The maximum absolute atomic E-state index is 12.4. The van der Waals surface area contributed by atoms with Gasteiger partial charge < -0.3 is 14.5 Å². The Hall–Kier alpha value is -3.45. The molecule has 0 aliphatic rings. The van der Waals surface area contributed by atoms with Gasteiger partial charge in [0.15, 0.2) is 0 Å². The normalized spacial score (nSPS) is 10.5. The zero-order valence-corrected chi connectivity index (χ0v) is 15.0. The number of rotatable bonds is 6. The highest BCUT2D eigenvalue weighted by molar-refractivity contribution is 7.11. The Morgan fingerprint density at radius 2 is 2.04 bits per heavy atom. The highest BCUT2D eigenvalue weighted by Gasteiger charge is 2.08. The van der Waals surface area contributed by atoms with Crippen LogP contribution < -0.4 is 10.1 Å². The average Bonchev–Trinajstić information content (AvgIpc) is 3.41. The zero-order chi connectivity index (χ0) is 18.5. The first-order chi connectivity index (χ1) is 13.3. The summed E-state index contributed by atoms with van der Waals surface area (Å²) in [6.45, 7) is 0.384. The number of aromatic nitrogens is 2. The molecule has 0 aliphatic carbocycles. The van der Waals surface area contributed by atoms with Crippen LogP contribution in [0, 0.1) is 0 Å². The molecule has 0 spiro atoms. The first-order valence-electron chi connectivity index (χ1n) is 8.20. The molecule has 0 radical (unpaired) electrons. The second kappa shape index (κ2) is 7.84. The van der Waals surface area contributed by atoms with Crippen molar-refractivity contribution in [1.82, 2.24) is 15.3 Å². The summed E-state index contributed by atoms with van der Waals surface area (Å²) in [4.78, 5) is 20.6. The standard InChI is InChI=1S/C20H15N3O3S/c24-19(15-1-3-18(4-2-15)26-20-22-6-8-27-20)23-11-14-9-17(12-21-10-14)16-5-7-25-13-16/h1-10,12-13H,11H2,(H,23,24). The van der Waals surface area contributed by atoms with E-state index in [0.717, 1.165) is 16.7 Å². The Bertz CT molecular complexity index is 1010. The molecule has 7 heteroatoms. The topological polar surface area (TPSA) is 77.2 Å². The van der Waals surface area contributed by atoms with Crippen LogP contribution in [0.1, 0.15) is 15.9 Å². The third-order valence-corrected chi connectivity index (χ3v) is 4.48. The van der Waals surface area contributed by atoms with Crippen molar-refractivity contribution in [3.05, 3.63) is 84.0 Å². The molecule has 1 amide bonds. The Morgan fingerprint density at radius 3 is 2.78 bits per heavy atom. The number of carbonyl (C=O) groups is 1. The predicted octanol–water partition coefficient (Wildman–Crippen LogP) is 4.52. The fourth-order valence-corrected chi connectivity index (χ4v) is 3.00. The van der Waals surface area contributed by atoms with Crippen molar-refractivity contribution in [2.75, 3.05) is 0 Å². The number of hydrogen-bond acceptors (Lipinski definition) is 6. The molecule has 1 aromatic carbocycles. The quantitative estimate of drug-likeness (QED) is 0.534. The number of thiazole rings is 1. The molecule has 0 saturated heterocycles. The molecule has 1 N–H and O–H groups in total. The molecule has 4 aromatic rings. The van der Waals surface area contributed by atoms with Gasteiger partial charge >= 0.3 is 0 Å². The first kappa shape index (κ1) is 17.0. The van der Waals surface area contributed by atoms with E-state index >= 15 is 0 Å². The number of furan rings is 1. The zero-order valence-electron chi connectivity index (χ0n) is 14.2. The molecule has 3 heterocycles. The van der Waals surface area contributed by atoms with Crippen molar-refractivity contribution in [3.63, 3.8) is 0 Å². The Labute approximate surface area is 159 Å². The van der Waals surface area contributed by atoms with Gasteiger partial charge in [0.1, 0.15) is 5.75 Å². The molecular formula is C20H15N3O3S. The summed E-state index contributed by atoms with van der Waals surface area (Å²) < 4.78 is 10.7. The fraction of sp³-hybridized carbons (Fsp3) is 0.0500. The fourth-order valence-electron chi connectivity index (χ4n) is 2.49. The van der Waals surface area contributed by atoms with Gasteiger partial charge in [-0.15, -0.1) is 0 Å². The summed E-state index contributed by atoms with van der Waals surface area (Å²) in [6, 6.07) is 10.8. The van der Waals surface area contributed by atoms with Crippen LogP contribution in [-0.2, 0) is 6.54 Å². The molecule has 0 bridgehead atoms. The van der Waals surface area contributed by atoms with E-state index in [-0.39, 0.29) is 5.91 Å². The molecule has 6 nitrogen and oxygen atoms in total. The third-order valence-electron chi connectivity index (χ3n) is 3.83. The molecule has 27 heavy (non-hydrogen) atoms. The van der Waals surface area contributed by atoms with Crippen LogP contribution in [0.4, 0.5) is 0 Å². The third kappa shape index (κ3) is 4.21. The summed E-state index contributed by atoms with van der Waals surface area (Å²) in [6.07, 6.45) is 8.45. The highest BCUT2D eigenvalue weighted by atomic mass is 32.1. The van der Waals surface area contributed by atoms with E-state index in [9.17, 15) is 4.79 Å². The van der Waals surface area contributed by atoms with Crippen LogP contribution >= 0.6 is 11.3 Å². The van der Waals surface area contributed by atoms with Crippen LogP contribution in [0.2, 0.25) is 0 Å². The van der Waals surface area contributed by atoms with E-state index in [2.05, 4.69) is 15.3 Å². The minimum Gasteiger partial charge on any atom is -0.472 e. The lowest BCUT2D eigenvalue weighted by Crippen LogP contribution is -2.22. The SMILES string of the molecule is O=C(NCc1cncc(-c2ccoc2)c1)c1ccc(Oc2nccs2)cc1. The smallest absolute Gasteiger partial charge is 0.278 e. The second-order valence-electron chi connectivity index (χ2n) is 5.70. The van der Waals surface area contributed by atoms with Gasteiger partial charge in [-0.25, -0.2) is 4.98 Å². The second-order valence-corrected chi connectivity index (χ2v) is 6.56. The number of ether oxygens (including phenoxy) is 1. The van der Waals surface area contributed by atoms with Gasteiger partial charge in [-0.05, 0) is 42.0 Å². The molecule has 4 rings (SSSR count). The van der Waals surface area contributed by atoms with Crippen molar-refractivity contribution >= 4 is 17.2 Å². The molecule has 0 fully saturated rings. The lowest BCUT2D eigenvalue weighted by atomic mass is 10.1. The van der Waals surface area contributed by atoms with Crippen molar-refractivity contribution in [3.8, 4) is 22.1 Å². The summed E-state index contributed by atoms with van der Waals surface area (Å²) in [5.41, 5.74) is 3.36. The monoisotopic (exact) mass is 377 g/mol. The number of carbonyl (C=O) groups excluding carboxylic acids is 1. The van der Waals surface area contributed by atoms with Crippen LogP contribution in [0.25, 0.3) is 11.1 Å². The van der Waals surface area contributed by atoms with Gasteiger partial charge in [0.2, 0.25) is 0 Å². The van der Waals surface area contributed by atoms with E-state index in [1.807, 2.05) is 17.5 Å². The number of benzene rings is 1. The first-order valence-corrected chi connectivity index (χ1v) is 9.08.